The van der Waals surface area contributed by atoms with Gasteiger partial charge in [0.2, 0.25) is 0 Å². The first-order chi connectivity index (χ1) is 20.1. The minimum absolute atomic E-state index is 0.0428. The number of cyclic esters (lactones) is 1. The van der Waals surface area contributed by atoms with E-state index in [9.17, 15) is 19.8 Å². The SMILES string of the molecule is CC[C@@]1(O)C(=O)OCc2c1cc1n(c2=S)Cc2c-1nc1cc(F)c(C)c3c1c2[C@@H](NC(=O)[C@H](O)c1ccccc1)CC3. The van der Waals surface area contributed by atoms with Crippen LogP contribution in [0.4, 0.5) is 4.39 Å². The van der Waals surface area contributed by atoms with Crippen molar-refractivity contribution in [1.29, 1.82) is 0 Å². The van der Waals surface area contributed by atoms with Crippen LogP contribution in [0.15, 0.2) is 42.5 Å². The van der Waals surface area contributed by atoms with Gasteiger partial charge in [-0.2, -0.15) is 0 Å². The van der Waals surface area contributed by atoms with Crippen molar-refractivity contribution in [2.75, 3.05) is 0 Å². The molecule has 0 saturated heterocycles. The third-order valence-corrected chi connectivity index (χ3v) is 9.52. The minimum atomic E-state index is -1.84. The van der Waals surface area contributed by atoms with E-state index in [2.05, 4.69) is 5.32 Å². The molecule has 3 atom stereocenters. The molecule has 2 aromatic carbocycles. The van der Waals surface area contributed by atoms with Gasteiger partial charge in [0.15, 0.2) is 11.7 Å². The molecule has 0 spiro atoms. The summed E-state index contributed by atoms with van der Waals surface area (Å²) < 4.78 is 22.8. The van der Waals surface area contributed by atoms with Crippen LogP contribution in [-0.4, -0.2) is 31.6 Å². The van der Waals surface area contributed by atoms with Gasteiger partial charge < -0.3 is 24.8 Å². The van der Waals surface area contributed by atoms with Crippen molar-refractivity contribution in [2.24, 2.45) is 0 Å². The average Bonchev–Trinajstić information content (AvgIpc) is 3.37. The fraction of sp³-hybridized carbons (Fsp3) is 0.312. The molecule has 10 heteroatoms. The number of benzene rings is 2. The standard InChI is InChI=1S/C32H28FN3O5S/c1-3-32(40)20-11-24-27-18(13-36(24)30(42)19(20)14-41-31(32)39)26-22(35-29(38)28(37)16-7-5-4-6-8-16)10-9-17-15(2)21(33)12-23(34-27)25(17)26/h4-8,11-12,22,28,37,40H,3,9-10,13-14H2,1-2H3,(H,35,38)/t22-,28+,32-/m0/s1. The van der Waals surface area contributed by atoms with Gasteiger partial charge >= 0.3 is 5.97 Å². The Balaban J connectivity index is 1.42. The molecule has 1 amide bonds. The first kappa shape index (κ1) is 26.9. The number of carbonyl (C=O) groups is 2. The Morgan fingerprint density at radius 3 is 2.76 bits per heavy atom. The number of nitrogens with one attached hydrogen (secondary N) is 1. The number of aromatic nitrogens is 2. The first-order valence-corrected chi connectivity index (χ1v) is 14.4. The van der Waals surface area contributed by atoms with E-state index < -0.39 is 29.6 Å². The van der Waals surface area contributed by atoms with E-state index >= 15 is 4.39 Å². The molecule has 0 fully saturated rings. The van der Waals surface area contributed by atoms with Crippen LogP contribution in [0.3, 0.4) is 0 Å². The highest BCUT2D eigenvalue weighted by Crippen LogP contribution is 2.47. The van der Waals surface area contributed by atoms with Gasteiger partial charge in [-0.3, -0.25) is 4.79 Å². The summed E-state index contributed by atoms with van der Waals surface area (Å²) in [5.41, 5.74) is 4.27. The van der Waals surface area contributed by atoms with Gasteiger partial charge in [-0.05, 0) is 54.5 Å². The Bertz CT molecular complexity index is 1910. The number of nitrogens with zero attached hydrogens (tertiary/aromatic N) is 2. The van der Waals surface area contributed by atoms with Crippen molar-refractivity contribution < 1.29 is 28.9 Å². The Labute approximate surface area is 245 Å². The topological polar surface area (TPSA) is 114 Å². The van der Waals surface area contributed by atoms with E-state index in [1.807, 2.05) is 10.6 Å². The van der Waals surface area contributed by atoms with E-state index in [0.717, 1.165) is 22.1 Å². The van der Waals surface area contributed by atoms with E-state index in [1.54, 1.807) is 44.2 Å². The maximum atomic E-state index is 15.1. The van der Waals surface area contributed by atoms with Gasteiger partial charge in [0.1, 0.15) is 17.1 Å². The van der Waals surface area contributed by atoms with Crippen molar-refractivity contribution in [1.82, 2.24) is 14.9 Å². The maximum Gasteiger partial charge on any atom is 0.343 e. The summed E-state index contributed by atoms with van der Waals surface area (Å²) >= 11 is 5.87. The summed E-state index contributed by atoms with van der Waals surface area (Å²) in [7, 11) is 0. The summed E-state index contributed by atoms with van der Waals surface area (Å²) in [6.45, 7) is 3.75. The average molecular weight is 586 g/mol. The second-order valence-corrected chi connectivity index (χ2v) is 11.6. The molecule has 0 bridgehead atoms. The van der Waals surface area contributed by atoms with Crippen molar-refractivity contribution in [2.45, 2.75) is 64.0 Å². The largest absolute Gasteiger partial charge is 0.458 e. The lowest BCUT2D eigenvalue weighted by atomic mass is 9.81. The zero-order valence-electron chi connectivity index (χ0n) is 23.0. The maximum absolute atomic E-state index is 15.1. The van der Waals surface area contributed by atoms with E-state index in [4.69, 9.17) is 21.9 Å². The number of aliphatic hydroxyl groups is 2. The minimum Gasteiger partial charge on any atom is -0.458 e. The number of amides is 1. The van der Waals surface area contributed by atoms with Crippen LogP contribution < -0.4 is 5.32 Å². The van der Waals surface area contributed by atoms with Crippen LogP contribution in [0.1, 0.15) is 70.9 Å². The van der Waals surface area contributed by atoms with Gasteiger partial charge in [0, 0.05) is 28.1 Å². The van der Waals surface area contributed by atoms with Gasteiger partial charge in [0.25, 0.3) is 5.91 Å². The van der Waals surface area contributed by atoms with Crippen LogP contribution in [0, 0.1) is 17.4 Å². The first-order valence-electron chi connectivity index (χ1n) is 14.0. The van der Waals surface area contributed by atoms with Gasteiger partial charge in [0.05, 0.1) is 29.5 Å². The van der Waals surface area contributed by atoms with Crippen LogP contribution >= 0.6 is 12.2 Å². The third-order valence-electron chi connectivity index (χ3n) is 9.06. The molecule has 0 unspecified atom stereocenters. The number of halogens is 1. The van der Waals surface area contributed by atoms with Crippen molar-refractivity contribution in [3.63, 3.8) is 0 Å². The number of hydrogen-bond donors (Lipinski definition) is 3. The molecule has 2 aliphatic heterocycles. The smallest absolute Gasteiger partial charge is 0.343 e. The third kappa shape index (κ3) is 3.71. The fourth-order valence-electron chi connectivity index (χ4n) is 6.74. The molecule has 214 valence electrons. The molecule has 0 radical (unpaired) electrons. The number of ether oxygens (including phenoxy) is 1. The fourth-order valence-corrected chi connectivity index (χ4v) is 7.07. The Kier molecular flexibility index (Phi) is 6.09. The second kappa shape index (κ2) is 9.52. The van der Waals surface area contributed by atoms with Crippen molar-refractivity contribution in [3.05, 3.63) is 91.9 Å². The molecule has 1 aliphatic carbocycles. The molecule has 3 N–H and O–H groups in total. The van der Waals surface area contributed by atoms with Crippen LogP contribution in [0.2, 0.25) is 0 Å². The predicted molar refractivity (Wildman–Crippen MR) is 154 cm³/mol. The van der Waals surface area contributed by atoms with Gasteiger partial charge in [-0.15, -0.1) is 0 Å². The summed E-state index contributed by atoms with van der Waals surface area (Å²) in [5.74, 6) is -1.61. The number of aryl methyl sites for hydroxylation is 1. The summed E-state index contributed by atoms with van der Waals surface area (Å²) in [6, 6.07) is 11.4. The molecule has 8 nitrogen and oxygen atoms in total. The molecular weight excluding hydrogens is 557 g/mol. The highest BCUT2D eigenvalue weighted by atomic mass is 32.1. The van der Waals surface area contributed by atoms with E-state index in [0.29, 0.717) is 63.2 Å². The second-order valence-electron chi connectivity index (χ2n) is 11.2. The number of esters is 1. The molecule has 4 aromatic rings. The van der Waals surface area contributed by atoms with Crippen LogP contribution in [0.25, 0.3) is 22.3 Å². The molecule has 4 heterocycles. The summed E-state index contributed by atoms with van der Waals surface area (Å²) in [4.78, 5) is 30.9. The molecule has 42 heavy (non-hydrogen) atoms. The lowest BCUT2D eigenvalue weighted by molar-refractivity contribution is -0.172. The van der Waals surface area contributed by atoms with Gasteiger partial charge in [-0.1, -0.05) is 49.5 Å². The highest BCUT2D eigenvalue weighted by molar-refractivity contribution is 7.71. The molecule has 7 rings (SSSR count). The van der Waals surface area contributed by atoms with E-state index in [1.165, 1.54) is 6.07 Å². The number of carbonyl (C=O) groups excluding carboxylic acids is 2. The van der Waals surface area contributed by atoms with Crippen LogP contribution in [-0.2, 0) is 39.5 Å². The number of hydrogen-bond acceptors (Lipinski definition) is 7. The van der Waals surface area contributed by atoms with Crippen molar-refractivity contribution in [3.8, 4) is 11.4 Å². The molecule has 0 saturated carbocycles. The Hall–Kier alpha value is -3.99. The Morgan fingerprint density at radius 2 is 2.02 bits per heavy atom. The zero-order valence-corrected chi connectivity index (χ0v) is 23.8. The number of pyridine rings is 2. The highest BCUT2D eigenvalue weighted by Gasteiger charge is 2.45. The van der Waals surface area contributed by atoms with Gasteiger partial charge in [-0.25, -0.2) is 14.2 Å². The molecule has 3 aliphatic rings. The van der Waals surface area contributed by atoms with E-state index in [-0.39, 0.29) is 18.8 Å². The predicted octanol–water partition coefficient (Wildman–Crippen LogP) is 4.73. The summed E-state index contributed by atoms with van der Waals surface area (Å²) in [6.07, 6.45) is -0.211. The zero-order chi connectivity index (χ0) is 29.5. The normalized spacial score (nSPS) is 20.9. The number of rotatable bonds is 4. The van der Waals surface area contributed by atoms with Crippen LogP contribution in [0.5, 0.6) is 0 Å². The quantitative estimate of drug-likeness (QED) is 0.206. The summed E-state index contributed by atoms with van der Waals surface area (Å²) in [5, 5.41) is 26.0. The molecule has 2 aromatic heterocycles. The lowest BCUT2D eigenvalue weighted by Crippen LogP contribution is -2.41. The Morgan fingerprint density at radius 1 is 1.26 bits per heavy atom. The van der Waals surface area contributed by atoms with Crippen molar-refractivity contribution >= 4 is 35.0 Å². The number of fused-ring (bicyclic) bond motifs is 5. The monoisotopic (exact) mass is 585 g/mol. The lowest BCUT2D eigenvalue weighted by Gasteiger charge is -2.32. The number of aliphatic hydroxyl groups excluding tert-OH is 1. The molecular formula is C32H28FN3O5S.